The van der Waals surface area contributed by atoms with Gasteiger partial charge in [-0.05, 0) is 37.1 Å². The molecule has 0 aliphatic rings. The van der Waals surface area contributed by atoms with Gasteiger partial charge in [0.15, 0.2) is 6.61 Å². The Morgan fingerprint density at radius 3 is 2.71 bits per heavy atom. The maximum atomic E-state index is 12.2. The van der Waals surface area contributed by atoms with Crippen molar-refractivity contribution in [3.63, 3.8) is 0 Å². The molecule has 7 heteroatoms. The molecule has 0 atom stereocenters. The van der Waals surface area contributed by atoms with E-state index in [1.165, 1.54) is 17.9 Å². The molecule has 31 heavy (non-hydrogen) atoms. The van der Waals surface area contributed by atoms with Gasteiger partial charge in [0.05, 0.1) is 11.0 Å². The molecule has 2 aromatic carbocycles. The molecule has 0 aliphatic carbocycles. The van der Waals surface area contributed by atoms with E-state index in [1.54, 1.807) is 6.92 Å². The first-order valence-corrected chi connectivity index (χ1v) is 10.0. The minimum atomic E-state index is -0.375. The lowest BCUT2D eigenvalue weighted by atomic mass is 10.1. The molecule has 0 radical (unpaired) electrons. The van der Waals surface area contributed by atoms with Gasteiger partial charge < -0.3 is 19.0 Å². The number of fused-ring (bicyclic) bond motifs is 1. The quantitative estimate of drug-likeness (QED) is 0.496. The third-order valence-corrected chi connectivity index (χ3v) is 5.03. The molecule has 0 fully saturated rings. The van der Waals surface area contributed by atoms with E-state index in [0.717, 1.165) is 29.7 Å². The SMILES string of the molecule is Cc1cc(=O)c(OCC(=O)Nc2ccc3c(c2)nc(CCc2ccccc2)n3C)co1. The van der Waals surface area contributed by atoms with Gasteiger partial charge in [-0.1, -0.05) is 30.3 Å². The van der Waals surface area contributed by atoms with E-state index in [-0.39, 0.29) is 23.7 Å². The Labute approximate surface area is 179 Å². The minimum absolute atomic E-state index is 0.00369. The molecule has 4 rings (SSSR count). The number of anilines is 1. The normalized spacial score (nSPS) is 10.9. The van der Waals surface area contributed by atoms with Gasteiger partial charge in [-0.3, -0.25) is 9.59 Å². The van der Waals surface area contributed by atoms with E-state index in [9.17, 15) is 9.59 Å². The van der Waals surface area contributed by atoms with Crippen LogP contribution in [-0.2, 0) is 24.7 Å². The molecule has 1 amide bonds. The lowest BCUT2D eigenvalue weighted by Crippen LogP contribution is -2.22. The number of nitrogens with one attached hydrogen (secondary N) is 1. The van der Waals surface area contributed by atoms with Crippen LogP contribution in [-0.4, -0.2) is 22.1 Å². The van der Waals surface area contributed by atoms with Gasteiger partial charge >= 0.3 is 0 Å². The average molecular weight is 417 g/mol. The van der Waals surface area contributed by atoms with Gasteiger partial charge in [0.2, 0.25) is 11.2 Å². The summed E-state index contributed by atoms with van der Waals surface area (Å²) in [7, 11) is 1.99. The molecule has 1 N–H and O–H groups in total. The monoisotopic (exact) mass is 417 g/mol. The van der Waals surface area contributed by atoms with Gasteiger partial charge in [0.1, 0.15) is 17.8 Å². The van der Waals surface area contributed by atoms with Crippen molar-refractivity contribution < 1.29 is 13.9 Å². The molecular weight excluding hydrogens is 394 g/mol. The Morgan fingerprint density at radius 2 is 1.94 bits per heavy atom. The minimum Gasteiger partial charge on any atom is -0.477 e. The Hall–Kier alpha value is -3.87. The molecular formula is C24H23N3O4. The van der Waals surface area contributed by atoms with Crippen LogP contribution in [0.1, 0.15) is 17.1 Å². The van der Waals surface area contributed by atoms with Crippen LogP contribution in [0.25, 0.3) is 11.0 Å². The Kier molecular flexibility index (Phi) is 5.84. The standard InChI is InChI=1S/C24H23N3O4/c1-16-12-21(28)22(14-30-16)31-15-24(29)25-18-9-10-20-19(13-18)26-23(27(20)2)11-8-17-6-4-3-5-7-17/h3-7,9-10,12-14H,8,11,15H2,1-2H3,(H,25,29). The van der Waals surface area contributed by atoms with E-state index in [1.807, 2.05) is 43.4 Å². The second-order valence-corrected chi connectivity index (χ2v) is 7.33. The maximum Gasteiger partial charge on any atom is 0.262 e. The Morgan fingerprint density at radius 1 is 1.13 bits per heavy atom. The molecule has 2 aromatic heterocycles. The molecule has 0 saturated heterocycles. The van der Waals surface area contributed by atoms with E-state index in [4.69, 9.17) is 14.1 Å². The number of carbonyl (C=O) groups is 1. The molecule has 0 bridgehead atoms. The van der Waals surface area contributed by atoms with Crippen molar-refractivity contribution in [1.29, 1.82) is 0 Å². The van der Waals surface area contributed by atoms with Crippen LogP contribution in [0.2, 0.25) is 0 Å². The third kappa shape index (κ3) is 4.83. The van der Waals surface area contributed by atoms with Crippen LogP contribution in [0.4, 0.5) is 5.69 Å². The molecule has 0 aliphatic heterocycles. The van der Waals surface area contributed by atoms with E-state index in [0.29, 0.717) is 11.4 Å². The predicted octanol–water partition coefficient (Wildman–Crippen LogP) is 3.64. The van der Waals surface area contributed by atoms with Crippen molar-refractivity contribution in [3.8, 4) is 5.75 Å². The highest BCUT2D eigenvalue weighted by Gasteiger charge is 2.11. The average Bonchev–Trinajstić information content (AvgIpc) is 3.07. The number of hydrogen-bond donors (Lipinski definition) is 1. The summed E-state index contributed by atoms with van der Waals surface area (Å²) in [5, 5.41) is 2.78. The number of benzene rings is 2. The summed E-state index contributed by atoms with van der Waals surface area (Å²) in [6.45, 7) is 1.37. The van der Waals surface area contributed by atoms with Crippen LogP contribution < -0.4 is 15.5 Å². The van der Waals surface area contributed by atoms with Gasteiger partial charge in [-0.2, -0.15) is 0 Å². The van der Waals surface area contributed by atoms with Crippen LogP contribution in [0, 0.1) is 6.92 Å². The van der Waals surface area contributed by atoms with Crippen LogP contribution in [0.15, 0.2) is 70.1 Å². The van der Waals surface area contributed by atoms with Gasteiger partial charge in [0.25, 0.3) is 5.91 Å². The Balaban J connectivity index is 1.41. The van der Waals surface area contributed by atoms with Crippen molar-refractivity contribution in [3.05, 3.63) is 88.2 Å². The summed E-state index contributed by atoms with van der Waals surface area (Å²) in [6.07, 6.45) is 2.94. The summed E-state index contributed by atoms with van der Waals surface area (Å²) in [5.41, 5.74) is 3.36. The molecule has 0 unspecified atom stereocenters. The number of hydrogen-bond acceptors (Lipinski definition) is 5. The summed E-state index contributed by atoms with van der Waals surface area (Å²) in [6, 6.07) is 17.2. The number of rotatable bonds is 7. The van der Waals surface area contributed by atoms with Crippen molar-refractivity contribution >= 4 is 22.6 Å². The van der Waals surface area contributed by atoms with E-state index in [2.05, 4.69) is 22.0 Å². The lowest BCUT2D eigenvalue weighted by Gasteiger charge is -2.07. The third-order valence-electron chi connectivity index (χ3n) is 5.03. The fraction of sp³-hybridized carbons (Fsp3) is 0.208. The summed E-state index contributed by atoms with van der Waals surface area (Å²) >= 11 is 0. The van der Waals surface area contributed by atoms with Crippen molar-refractivity contribution in [1.82, 2.24) is 9.55 Å². The zero-order valence-electron chi connectivity index (χ0n) is 17.4. The molecule has 0 spiro atoms. The Bertz CT molecular complexity index is 1280. The summed E-state index contributed by atoms with van der Waals surface area (Å²) < 4.78 is 12.5. The highest BCUT2D eigenvalue weighted by molar-refractivity contribution is 5.94. The number of amides is 1. The zero-order valence-corrected chi connectivity index (χ0v) is 17.4. The number of imidazole rings is 1. The smallest absolute Gasteiger partial charge is 0.262 e. The van der Waals surface area contributed by atoms with Crippen molar-refractivity contribution in [2.24, 2.45) is 7.05 Å². The van der Waals surface area contributed by atoms with E-state index < -0.39 is 0 Å². The second kappa shape index (κ2) is 8.87. The highest BCUT2D eigenvalue weighted by Crippen LogP contribution is 2.21. The van der Waals surface area contributed by atoms with Gasteiger partial charge in [-0.25, -0.2) is 4.98 Å². The van der Waals surface area contributed by atoms with E-state index >= 15 is 0 Å². The van der Waals surface area contributed by atoms with Crippen molar-refractivity contribution in [2.75, 3.05) is 11.9 Å². The number of aryl methyl sites for hydroxylation is 4. The number of aromatic nitrogens is 2. The van der Waals surface area contributed by atoms with Crippen LogP contribution in [0.5, 0.6) is 5.75 Å². The highest BCUT2D eigenvalue weighted by atomic mass is 16.5. The lowest BCUT2D eigenvalue weighted by molar-refractivity contribution is -0.118. The fourth-order valence-electron chi connectivity index (χ4n) is 3.39. The predicted molar refractivity (Wildman–Crippen MR) is 118 cm³/mol. The molecule has 4 aromatic rings. The first kappa shape index (κ1) is 20.4. The number of ether oxygens (including phenoxy) is 1. The summed E-state index contributed by atoms with van der Waals surface area (Å²) in [5.74, 6) is 1.09. The van der Waals surface area contributed by atoms with Crippen LogP contribution in [0.3, 0.4) is 0 Å². The maximum absolute atomic E-state index is 12.2. The largest absolute Gasteiger partial charge is 0.477 e. The first-order valence-electron chi connectivity index (χ1n) is 10.0. The van der Waals surface area contributed by atoms with Gasteiger partial charge in [0, 0.05) is 25.2 Å². The second-order valence-electron chi connectivity index (χ2n) is 7.33. The molecule has 7 nitrogen and oxygen atoms in total. The van der Waals surface area contributed by atoms with Crippen molar-refractivity contribution in [2.45, 2.75) is 19.8 Å². The van der Waals surface area contributed by atoms with Gasteiger partial charge in [-0.15, -0.1) is 0 Å². The topological polar surface area (TPSA) is 86.4 Å². The number of carbonyl (C=O) groups excluding carboxylic acids is 1. The summed E-state index contributed by atoms with van der Waals surface area (Å²) in [4.78, 5) is 28.8. The fourth-order valence-corrected chi connectivity index (χ4v) is 3.39. The molecule has 158 valence electrons. The molecule has 0 saturated carbocycles. The number of nitrogens with zero attached hydrogens (tertiary/aromatic N) is 2. The van der Waals surface area contributed by atoms with Crippen LogP contribution >= 0.6 is 0 Å². The molecule has 2 heterocycles. The zero-order chi connectivity index (χ0) is 21.8. The first-order chi connectivity index (χ1) is 15.0.